The van der Waals surface area contributed by atoms with Crippen LogP contribution in [0.3, 0.4) is 0 Å². The summed E-state index contributed by atoms with van der Waals surface area (Å²) in [5.74, 6) is -0.189. The number of carbonyl (C=O) groups is 1. The molecule has 0 aliphatic carbocycles. The van der Waals surface area contributed by atoms with Crippen LogP contribution in [0, 0.1) is 6.92 Å². The highest BCUT2D eigenvalue weighted by atomic mass is 16.5. The molecule has 104 valence electrons. The van der Waals surface area contributed by atoms with E-state index in [0.29, 0.717) is 0 Å². The van der Waals surface area contributed by atoms with E-state index in [9.17, 15) is 4.79 Å². The second-order valence-electron chi connectivity index (χ2n) is 4.07. The maximum Gasteiger partial charge on any atom is 0.277 e. The van der Waals surface area contributed by atoms with Gasteiger partial charge in [0.25, 0.3) is 11.8 Å². The van der Waals surface area contributed by atoms with Gasteiger partial charge in [-0.3, -0.25) is 4.79 Å². The standard InChI is InChI=1S/C13H15N5O2/c1-9-4-6-10(7-5-9)8-15-18-13(20-3)11(16-17-18)12(19)14-2/h4-8H,1-3H3,(H,14,19)/b15-8-. The molecule has 1 amide bonds. The van der Waals surface area contributed by atoms with E-state index >= 15 is 0 Å². The van der Waals surface area contributed by atoms with Gasteiger partial charge in [-0.1, -0.05) is 34.6 Å². The SMILES string of the molecule is CNC(=O)c1nnn(/N=C\c2ccc(C)cc2)c1OC. The summed E-state index contributed by atoms with van der Waals surface area (Å²) in [7, 11) is 2.94. The molecule has 2 rings (SSSR count). The first-order valence-corrected chi connectivity index (χ1v) is 5.98. The fourth-order valence-corrected chi connectivity index (χ4v) is 1.55. The molecular weight excluding hydrogens is 258 g/mol. The van der Waals surface area contributed by atoms with Crippen LogP contribution in [0.4, 0.5) is 0 Å². The number of aromatic nitrogens is 3. The molecule has 0 saturated carbocycles. The number of nitrogens with one attached hydrogen (secondary N) is 1. The van der Waals surface area contributed by atoms with Gasteiger partial charge >= 0.3 is 0 Å². The Morgan fingerprint density at radius 3 is 2.70 bits per heavy atom. The van der Waals surface area contributed by atoms with E-state index in [1.165, 1.54) is 24.5 Å². The Morgan fingerprint density at radius 2 is 2.10 bits per heavy atom. The Kier molecular flexibility index (Phi) is 4.09. The van der Waals surface area contributed by atoms with Gasteiger partial charge in [-0.15, -0.1) is 5.10 Å². The first-order chi connectivity index (χ1) is 9.65. The first kappa shape index (κ1) is 13.7. The number of amides is 1. The van der Waals surface area contributed by atoms with Crippen LogP contribution in [0.25, 0.3) is 0 Å². The predicted octanol–water partition coefficient (Wildman–Crippen LogP) is 0.837. The third-order valence-corrected chi connectivity index (χ3v) is 2.64. The number of methoxy groups -OCH3 is 1. The third-order valence-electron chi connectivity index (χ3n) is 2.64. The highest BCUT2D eigenvalue weighted by Gasteiger charge is 2.19. The van der Waals surface area contributed by atoms with Gasteiger partial charge < -0.3 is 10.1 Å². The number of hydrogen-bond donors (Lipinski definition) is 1. The van der Waals surface area contributed by atoms with Crippen LogP contribution >= 0.6 is 0 Å². The average Bonchev–Trinajstić information content (AvgIpc) is 2.88. The fraction of sp³-hybridized carbons (Fsp3) is 0.231. The summed E-state index contributed by atoms with van der Waals surface area (Å²) < 4.78 is 5.11. The first-order valence-electron chi connectivity index (χ1n) is 5.98. The van der Waals surface area contributed by atoms with Gasteiger partial charge in [-0.25, -0.2) is 0 Å². The number of carbonyl (C=O) groups excluding carboxylic acids is 1. The molecule has 1 N–H and O–H groups in total. The average molecular weight is 273 g/mol. The number of aryl methyl sites for hydroxylation is 1. The quantitative estimate of drug-likeness (QED) is 0.837. The van der Waals surface area contributed by atoms with Gasteiger partial charge in [0.15, 0.2) is 0 Å². The van der Waals surface area contributed by atoms with Crippen molar-refractivity contribution in [3.05, 3.63) is 41.1 Å². The second kappa shape index (κ2) is 5.96. The van der Waals surface area contributed by atoms with Crippen LogP contribution in [-0.2, 0) is 0 Å². The van der Waals surface area contributed by atoms with Crippen molar-refractivity contribution in [2.45, 2.75) is 6.92 Å². The highest BCUT2D eigenvalue weighted by Crippen LogP contribution is 2.14. The summed E-state index contributed by atoms with van der Waals surface area (Å²) in [4.78, 5) is 12.7. The molecule has 0 aliphatic rings. The molecule has 0 unspecified atom stereocenters. The molecule has 2 aromatic rings. The molecule has 0 fully saturated rings. The largest absolute Gasteiger partial charge is 0.478 e. The highest BCUT2D eigenvalue weighted by molar-refractivity contribution is 5.94. The molecule has 0 saturated heterocycles. The zero-order valence-corrected chi connectivity index (χ0v) is 11.5. The van der Waals surface area contributed by atoms with Crippen LogP contribution < -0.4 is 10.1 Å². The monoisotopic (exact) mass is 273 g/mol. The minimum Gasteiger partial charge on any atom is -0.478 e. The van der Waals surface area contributed by atoms with E-state index in [1.807, 2.05) is 31.2 Å². The van der Waals surface area contributed by atoms with Crippen molar-refractivity contribution in [1.29, 1.82) is 0 Å². The Labute approximate surface area is 116 Å². The van der Waals surface area contributed by atoms with Gasteiger partial charge in [0, 0.05) is 7.05 Å². The van der Waals surface area contributed by atoms with Crippen molar-refractivity contribution in [2.75, 3.05) is 14.2 Å². The minimum atomic E-state index is -0.376. The Hall–Kier alpha value is -2.70. The number of benzene rings is 1. The topological polar surface area (TPSA) is 81.4 Å². The lowest BCUT2D eigenvalue weighted by Gasteiger charge is -2.00. The Morgan fingerprint density at radius 1 is 1.40 bits per heavy atom. The van der Waals surface area contributed by atoms with E-state index in [0.717, 1.165) is 5.56 Å². The van der Waals surface area contributed by atoms with Gasteiger partial charge in [-0.2, -0.15) is 5.10 Å². The van der Waals surface area contributed by atoms with Crippen LogP contribution in [0.1, 0.15) is 21.6 Å². The maximum absolute atomic E-state index is 11.6. The van der Waals surface area contributed by atoms with E-state index in [-0.39, 0.29) is 17.5 Å². The fourth-order valence-electron chi connectivity index (χ4n) is 1.55. The van der Waals surface area contributed by atoms with E-state index in [1.54, 1.807) is 6.21 Å². The zero-order chi connectivity index (χ0) is 14.5. The lowest BCUT2D eigenvalue weighted by Crippen LogP contribution is -2.19. The lowest BCUT2D eigenvalue weighted by atomic mass is 10.2. The van der Waals surface area contributed by atoms with Gasteiger partial charge in [-0.05, 0) is 17.7 Å². The number of nitrogens with zero attached hydrogens (tertiary/aromatic N) is 4. The summed E-state index contributed by atoms with van der Waals surface area (Å²) >= 11 is 0. The Balaban J connectivity index is 2.27. The summed E-state index contributed by atoms with van der Waals surface area (Å²) in [6.45, 7) is 2.01. The second-order valence-corrected chi connectivity index (χ2v) is 4.07. The van der Waals surface area contributed by atoms with Crippen molar-refractivity contribution >= 4 is 12.1 Å². The van der Waals surface area contributed by atoms with Gasteiger partial charge in [0.2, 0.25) is 5.69 Å². The zero-order valence-electron chi connectivity index (χ0n) is 11.5. The van der Waals surface area contributed by atoms with Crippen molar-refractivity contribution in [2.24, 2.45) is 5.10 Å². The van der Waals surface area contributed by atoms with Crippen molar-refractivity contribution in [3.63, 3.8) is 0 Å². The molecule has 0 radical (unpaired) electrons. The molecule has 0 aliphatic heterocycles. The summed E-state index contributed by atoms with van der Waals surface area (Å²) in [6, 6.07) is 7.83. The molecule has 0 spiro atoms. The molecule has 0 atom stereocenters. The number of hydrogen-bond acceptors (Lipinski definition) is 5. The van der Waals surface area contributed by atoms with Crippen LogP contribution in [0.5, 0.6) is 5.88 Å². The summed E-state index contributed by atoms with van der Waals surface area (Å²) in [5, 5.41) is 14.1. The molecule has 1 heterocycles. The molecule has 1 aromatic carbocycles. The van der Waals surface area contributed by atoms with E-state index in [4.69, 9.17) is 4.74 Å². The summed E-state index contributed by atoms with van der Waals surface area (Å²) in [5.41, 5.74) is 2.17. The molecular formula is C13H15N5O2. The van der Waals surface area contributed by atoms with Crippen LogP contribution in [0.2, 0.25) is 0 Å². The summed E-state index contributed by atoms with van der Waals surface area (Å²) in [6.07, 6.45) is 1.62. The number of ether oxygens (including phenoxy) is 1. The van der Waals surface area contributed by atoms with Crippen molar-refractivity contribution in [1.82, 2.24) is 20.4 Å². The molecule has 0 bridgehead atoms. The van der Waals surface area contributed by atoms with E-state index < -0.39 is 0 Å². The van der Waals surface area contributed by atoms with E-state index in [2.05, 4.69) is 20.7 Å². The third kappa shape index (κ3) is 2.82. The minimum absolute atomic E-state index is 0.0936. The molecule has 7 nitrogen and oxygen atoms in total. The number of rotatable bonds is 4. The normalized spacial score (nSPS) is 10.8. The van der Waals surface area contributed by atoms with Crippen molar-refractivity contribution in [3.8, 4) is 5.88 Å². The predicted molar refractivity (Wildman–Crippen MR) is 74.1 cm³/mol. The smallest absolute Gasteiger partial charge is 0.277 e. The molecule has 20 heavy (non-hydrogen) atoms. The van der Waals surface area contributed by atoms with Crippen LogP contribution in [-0.4, -0.2) is 41.4 Å². The van der Waals surface area contributed by atoms with Gasteiger partial charge in [0.05, 0.1) is 13.3 Å². The molecule has 1 aromatic heterocycles. The maximum atomic E-state index is 11.6. The lowest BCUT2D eigenvalue weighted by molar-refractivity contribution is 0.0954. The molecule has 7 heteroatoms. The van der Waals surface area contributed by atoms with Gasteiger partial charge in [0.1, 0.15) is 0 Å². The van der Waals surface area contributed by atoms with Crippen molar-refractivity contribution < 1.29 is 9.53 Å². The Bertz CT molecular complexity index is 631. The van der Waals surface area contributed by atoms with Crippen LogP contribution in [0.15, 0.2) is 29.4 Å².